The lowest BCUT2D eigenvalue weighted by atomic mass is 10.1. The van der Waals surface area contributed by atoms with E-state index >= 15 is 0 Å². The zero-order valence-electron chi connectivity index (χ0n) is 14.2. The van der Waals surface area contributed by atoms with Crippen molar-refractivity contribution in [2.45, 2.75) is 33.2 Å². The molecule has 6 nitrogen and oxygen atoms in total. The number of hydrogen-bond acceptors (Lipinski definition) is 5. The number of oxazole rings is 1. The van der Waals surface area contributed by atoms with Crippen molar-refractivity contribution in [2.24, 2.45) is 0 Å². The smallest absolute Gasteiger partial charge is 0.394 e. The van der Waals surface area contributed by atoms with E-state index in [1.807, 2.05) is 26.0 Å². The van der Waals surface area contributed by atoms with E-state index in [4.69, 9.17) is 9.15 Å². The molecule has 1 aromatic carbocycles. The lowest BCUT2D eigenvalue weighted by Gasteiger charge is -2.16. The molecule has 1 aliphatic heterocycles. The minimum absolute atomic E-state index is 0.113. The summed E-state index contributed by atoms with van der Waals surface area (Å²) in [6, 6.07) is 6.19. The summed E-state index contributed by atoms with van der Waals surface area (Å²) in [5.74, 6) is -0.300. The highest BCUT2D eigenvalue weighted by atomic mass is 16.6. The SMILES string of the molecule is CCOc1nc(C(=O)Nc2cc(CN3CCCC3)ccc2C)co1. The standard InChI is InChI=1S/C18H23N3O3/c1-3-23-18-20-16(12-24-18)17(22)19-15-10-14(7-6-13(15)2)11-21-8-4-5-9-21/h6-7,10,12H,3-5,8-9,11H2,1-2H3,(H,19,22). The molecule has 0 aliphatic carbocycles. The second kappa shape index (κ2) is 7.49. The Labute approximate surface area is 141 Å². The Bertz CT molecular complexity index is 705. The number of nitrogens with zero attached hydrogens (tertiary/aromatic N) is 2. The van der Waals surface area contributed by atoms with Gasteiger partial charge in [0, 0.05) is 12.2 Å². The number of aromatic nitrogens is 1. The number of likely N-dealkylation sites (tertiary alicyclic amines) is 1. The van der Waals surface area contributed by atoms with Gasteiger partial charge in [0.15, 0.2) is 5.69 Å². The molecule has 1 fully saturated rings. The quantitative estimate of drug-likeness (QED) is 0.881. The van der Waals surface area contributed by atoms with Crippen molar-refractivity contribution in [1.29, 1.82) is 0 Å². The number of rotatable bonds is 6. The van der Waals surface area contributed by atoms with Crippen molar-refractivity contribution < 1.29 is 13.9 Å². The van der Waals surface area contributed by atoms with E-state index in [1.54, 1.807) is 0 Å². The molecular weight excluding hydrogens is 306 g/mol. The van der Waals surface area contributed by atoms with Crippen LogP contribution in [0.15, 0.2) is 28.9 Å². The minimum atomic E-state index is -0.300. The maximum Gasteiger partial charge on any atom is 0.394 e. The second-order valence-corrected chi connectivity index (χ2v) is 6.02. The zero-order chi connectivity index (χ0) is 16.9. The van der Waals surface area contributed by atoms with Gasteiger partial charge in [-0.3, -0.25) is 9.69 Å². The van der Waals surface area contributed by atoms with Crippen molar-refractivity contribution >= 4 is 11.6 Å². The van der Waals surface area contributed by atoms with Crippen LogP contribution < -0.4 is 10.1 Å². The Morgan fingerprint density at radius 3 is 2.92 bits per heavy atom. The lowest BCUT2D eigenvalue weighted by molar-refractivity contribution is 0.102. The van der Waals surface area contributed by atoms with Crippen LogP contribution in [0.25, 0.3) is 0 Å². The van der Waals surface area contributed by atoms with Gasteiger partial charge in [-0.05, 0) is 57.0 Å². The first-order chi connectivity index (χ1) is 11.7. The minimum Gasteiger partial charge on any atom is -0.450 e. The van der Waals surface area contributed by atoms with E-state index in [9.17, 15) is 4.79 Å². The van der Waals surface area contributed by atoms with Gasteiger partial charge in [-0.1, -0.05) is 12.1 Å². The van der Waals surface area contributed by atoms with Crippen LogP contribution in [-0.4, -0.2) is 35.5 Å². The third kappa shape index (κ3) is 3.94. The third-order valence-corrected chi connectivity index (χ3v) is 4.14. The van der Waals surface area contributed by atoms with Crippen molar-refractivity contribution in [3.63, 3.8) is 0 Å². The number of ether oxygens (including phenoxy) is 1. The highest BCUT2D eigenvalue weighted by molar-refractivity contribution is 6.03. The highest BCUT2D eigenvalue weighted by Crippen LogP contribution is 2.21. The number of amides is 1. The Kier molecular flexibility index (Phi) is 5.15. The van der Waals surface area contributed by atoms with Crippen LogP contribution in [0.4, 0.5) is 5.69 Å². The van der Waals surface area contributed by atoms with Gasteiger partial charge >= 0.3 is 6.08 Å². The number of nitrogens with one attached hydrogen (secondary N) is 1. The molecule has 6 heteroatoms. The number of carbonyl (C=O) groups excluding carboxylic acids is 1. The average Bonchev–Trinajstić information content (AvgIpc) is 3.23. The first-order valence-electron chi connectivity index (χ1n) is 8.37. The molecule has 0 atom stereocenters. The molecule has 2 heterocycles. The molecule has 0 saturated carbocycles. The van der Waals surface area contributed by atoms with Crippen LogP contribution in [0.3, 0.4) is 0 Å². The van der Waals surface area contributed by atoms with E-state index in [1.165, 1.54) is 24.7 Å². The Balaban J connectivity index is 1.69. The van der Waals surface area contributed by atoms with Gasteiger partial charge in [0.25, 0.3) is 5.91 Å². The summed E-state index contributed by atoms with van der Waals surface area (Å²) < 4.78 is 10.2. The third-order valence-electron chi connectivity index (χ3n) is 4.14. The van der Waals surface area contributed by atoms with E-state index in [-0.39, 0.29) is 17.7 Å². The summed E-state index contributed by atoms with van der Waals surface area (Å²) in [6.45, 7) is 7.47. The van der Waals surface area contributed by atoms with E-state index in [0.717, 1.165) is 30.9 Å². The lowest BCUT2D eigenvalue weighted by Crippen LogP contribution is -2.19. The van der Waals surface area contributed by atoms with E-state index in [0.29, 0.717) is 6.61 Å². The monoisotopic (exact) mass is 329 g/mol. The molecule has 1 saturated heterocycles. The predicted octanol–water partition coefficient (Wildman–Crippen LogP) is 3.23. The van der Waals surface area contributed by atoms with Crippen molar-refractivity contribution in [1.82, 2.24) is 9.88 Å². The predicted molar refractivity (Wildman–Crippen MR) is 91.3 cm³/mol. The molecule has 24 heavy (non-hydrogen) atoms. The topological polar surface area (TPSA) is 67.6 Å². The molecule has 0 spiro atoms. The van der Waals surface area contributed by atoms with Crippen LogP contribution >= 0.6 is 0 Å². The average molecular weight is 329 g/mol. The number of aryl methyl sites for hydroxylation is 1. The molecule has 1 N–H and O–H groups in total. The van der Waals surface area contributed by atoms with Crippen LogP contribution in [0, 0.1) is 6.92 Å². The number of carbonyl (C=O) groups is 1. The fourth-order valence-electron chi connectivity index (χ4n) is 2.84. The Morgan fingerprint density at radius 1 is 1.38 bits per heavy atom. The van der Waals surface area contributed by atoms with Gasteiger partial charge in [0.1, 0.15) is 6.26 Å². The van der Waals surface area contributed by atoms with Crippen molar-refractivity contribution in [2.75, 3.05) is 25.0 Å². The number of benzene rings is 1. The molecule has 0 radical (unpaired) electrons. The molecule has 1 amide bonds. The van der Waals surface area contributed by atoms with E-state index in [2.05, 4.69) is 21.3 Å². The summed E-state index contributed by atoms with van der Waals surface area (Å²) in [4.78, 5) is 18.8. The molecule has 3 rings (SSSR count). The van der Waals surface area contributed by atoms with Crippen molar-refractivity contribution in [3.05, 3.63) is 41.3 Å². The van der Waals surface area contributed by atoms with Crippen LogP contribution in [0.5, 0.6) is 6.08 Å². The molecule has 2 aromatic rings. The van der Waals surface area contributed by atoms with E-state index < -0.39 is 0 Å². The fourth-order valence-corrected chi connectivity index (χ4v) is 2.84. The summed E-state index contributed by atoms with van der Waals surface area (Å²) >= 11 is 0. The van der Waals surface area contributed by atoms with Gasteiger partial charge in [0.2, 0.25) is 0 Å². The van der Waals surface area contributed by atoms with Crippen LogP contribution in [0.2, 0.25) is 0 Å². The van der Waals surface area contributed by atoms with Crippen LogP contribution in [0.1, 0.15) is 41.4 Å². The summed E-state index contributed by atoms with van der Waals surface area (Å²) in [5, 5.41) is 2.91. The van der Waals surface area contributed by atoms with Gasteiger partial charge < -0.3 is 14.5 Å². The fraction of sp³-hybridized carbons (Fsp3) is 0.444. The summed E-state index contributed by atoms with van der Waals surface area (Å²) in [7, 11) is 0. The van der Waals surface area contributed by atoms with Crippen molar-refractivity contribution in [3.8, 4) is 6.08 Å². The second-order valence-electron chi connectivity index (χ2n) is 6.02. The number of hydrogen-bond donors (Lipinski definition) is 1. The molecular formula is C18H23N3O3. The maximum atomic E-state index is 12.3. The normalized spacial score (nSPS) is 14.8. The zero-order valence-corrected chi connectivity index (χ0v) is 14.2. The molecule has 1 aliphatic rings. The van der Waals surface area contributed by atoms with Gasteiger partial charge in [0.05, 0.1) is 6.61 Å². The molecule has 128 valence electrons. The molecule has 0 unspecified atom stereocenters. The number of anilines is 1. The maximum absolute atomic E-state index is 12.3. The van der Waals surface area contributed by atoms with Gasteiger partial charge in [-0.25, -0.2) is 0 Å². The molecule has 1 aromatic heterocycles. The largest absolute Gasteiger partial charge is 0.450 e. The Hall–Kier alpha value is -2.34. The van der Waals surface area contributed by atoms with Gasteiger partial charge in [-0.2, -0.15) is 4.98 Å². The van der Waals surface area contributed by atoms with Gasteiger partial charge in [-0.15, -0.1) is 0 Å². The summed E-state index contributed by atoms with van der Waals surface area (Å²) in [5.41, 5.74) is 3.23. The molecule has 0 bridgehead atoms. The first kappa shape index (κ1) is 16.5. The summed E-state index contributed by atoms with van der Waals surface area (Å²) in [6.07, 6.45) is 3.96. The highest BCUT2D eigenvalue weighted by Gasteiger charge is 2.16. The van der Waals surface area contributed by atoms with Crippen LogP contribution in [-0.2, 0) is 6.54 Å². The Morgan fingerprint density at radius 2 is 2.17 bits per heavy atom. The first-order valence-corrected chi connectivity index (χ1v) is 8.37.